The van der Waals surface area contributed by atoms with E-state index in [1.165, 1.54) is 17.0 Å². The minimum Gasteiger partial charge on any atom is -0.376 e. The summed E-state index contributed by atoms with van der Waals surface area (Å²) in [6, 6.07) is 12.7. The van der Waals surface area contributed by atoms with E-state index in [1.807, 2.05) is 11.0 Å². The summed E-state index contributed by atoms with van der Waals surface area (Å²) in [7, 11) is 0. The van der Waals surface area contributed by atoms with Gasteiger partial charge in [-0.1, -0.05) is 11.3 Å². The quantitative estimate of drug-likeness (QED) is 0.270. The van der Waals surface area contributed by atoms with Crippen molar-refractivity contribution >= 4 is 56.1 Å². The number of halogens is 1. The highest BCUT2D eigenvalue weighted by Gasteiger charge is 2.26. The molecule has 2 aromatic carbocycles. The predicted octanol–water partition coefficient (Wildman–Crippen LogP) is 6.24. The van der Waals surface area contributed by atoms with Crippen molar-refractivity contribution in [3.05, 3.63) is 48.3 Å². The molecule has 0 spiro atoms. The SMILES string of the molecule is CSc1ccc2nc(N(CC3CCCO3)C(=O)CCCSc3ccc(F)cc3)sc2c1. The summed E-state index contributed by atoms with van der Waals surface area (Å²) < 4.78 is 19.9. The van der Waals surface area contributed by atoms with Crippen molar-refractivity contribution < 1.29 is 13.9 Å². The van der Waals surface area contributed by atoms with Gasteiger partial charge in [0, 0.05) is 22.8 Å². The van der Waals surface area contributed by atoms with E-state index in [0.717, 1.165) is 51.9 Å². The third-order valence-electron chi connectivity index (χ3n) is 5.14. The van der Waals surface area contributed by atoms with Gasteiger partial charge in [0.25, 0.3) is 0 Å². The van der Waals surface area contributed by atoms with E-state index in [9.17, 15) is 9.18 Å². The Morgan fingerprint density at radius 3 is 2.81 bits per heavy atom. The number of benzene rings is 2. The van der Waals surface area contributed by atoms with Crippen LogP contribution in [0.25, 0.3) is 10.2 Å². The molecule has 8 heteroatoms. The maximum absolute atomic E-state index is 13.2. The fourth-order valence-electron chi connectivity index (χ4n) is 3.49. The fourth-order valence-corrected chi connectivity index (χ4v) is 5.89. The van der Waals surface area contributed by atoms with E-state index in [-0.39, 0.29) is 17.8 Å². The molecule has 2 heterocycles. The molecule has 164 valence electrons. The second-order valence-electron chi connectivity index (χ2n) is 7.38. The number of fused-ring (bicyclic) bond motifs is 1. The Labute approximate surface area is 194 Å². The molecule has 1 aromatic heterocycles. The van der Waals surface area contributed by atoms with Crippen LogP contribution in [-0.4, -0.2) is 42.2 Å². The number of aromatic nitrogens is 1. The maximum Gasteiger partial charge on any atom is 0.228 e. The van der Waals surface area contributed by atoms with E-state index in [2.05, 4.69) is 18.4 Å². The predicted molar refractivity (Wildman–Crippen MR) is 129 cm³/mol. The van der Waals surface area contributed by atoms with Crippen LogP contribution in [0.3, 0.4) is 0 Å². The number of amides is 1. The van der Waals surface area contributed by atoms with Crippen LogP contribution in [0.2, 0.25) is 0 Å². The lowest BCUT2D eigenvalue weighted by Crippen LogP contribution is -2.37. The fraction of sp³-hybridized carbons (Fsp3) is 0.391. The first-order valence-corrected chi connectivity index (χ1v) is 13.4. The Balaban J connectivity index is 1.42. The molecule has 1 aliphatic rings. The molecule has 0 saturated carbocycles. The van der Waals surface area contributed by atoms with Crippen LogP contribution in [0.1, 0.15) is 25.7 Å². The van der Waals surface area contributed by atoms with Crippen molar-refractivity contribution in [2.24, 2.45) is 0 Å². The molecule has 1 unspecified atom stereocenters. The van der Waals surface area contributed by atoms with Crippen molar-refractivity contribution in [1.29, 1.82) is 0 Å². The normalized spacial score (nSPS) is 16.1. The van der Waals surface area contributed by atoms with Gasteiger partial charge < -0.3 is 4.74 Å². The molecule has 3 aromatic rings. The number of ether oxygens (including phenoxy) is 1. The molecule has 1 saturated heterocycles. The third kappa shape index (κ3) is 6.00. The number of thioether (sulfide) groups is 2. The van der Waals surface area contributed by atoms with Crippen LogP contribution in [0.15, 0.2) is 52.3 Å². The van der Waals surface area contributed by atoms with E-state index >= 15 is 0 Å². The number of hydrogen-bond donors (Lipinski definition) is 0. The molecule has 0 aliphatic carbocycles. The summed E-state index contributed by atoms with van der Waals surface area (Å²) >= 11 is 4.91. The summed E-state index contributed by atoms with van der Waals surface area (Å²) in [6.45, 7) is 1.32. The Kier molecular flexibility index (Phi) is 7.87. The Morgan fingerprint density at radius 1 is 1.26 bits per heavy atom. The van der Waals surface area contributed by atoms with Crippen molar-refractivity contribution in [3.63, 3.8) is 0 Å². The van der Waals surface area contributed by atoms with Gasteiger partial charge in [-0.05, 0) is 73.7 Å². The van der Waals surface area contributed by atoms with Crippen LogP contribution in [0.5, 0.6) is 0 Å². The van der Waals surface area contributed by atoms with Gasteiger partial charge in [0.05, 0.1) is 22.9 Å². The molecule has 0 N–H and O–H groups in total. The first-order chi connectivity index (χ1) is 15.1. The number of hydrogen-bond acceptors (Lipinski definition) is 6. The van der Waals surface area contributed by atoms with E-state index < -0.39 is 0 Å². The lowest BCUT2D eigenvalue weighted by atomic mass is 10.2. The van der Waals surface area contributed by atoms with Gasteiger partial charge in [0.1, 0.15) is 5.82 Å². The van der Waals surface area contributed by atoms with Gasteiger partial charge in [-0.15, -0.1) is 23.5 Å². The highest BCUT2D eigenvalue weighted by Crippen LogP contribution is 2.33. The zero-order chi connectivity index (χ0) is 21.6. The summed E-state index contributed by atoms with van der Waals surface area (Å²) in [4.78, 5) is 21.9. The summed E-state index contributed by atoms with van der Waals surface area (Å²) in [5, 5.41) is 0.750. The average Bonchev–Trinajstić information content (AvgIpc) is 3.45. The Hall–Kier alpha value is -1.61. The summed E-state index contributed by atoms with van der Waals surface area (Å²) in [5.74, 6) is 0.659. The van der Waals surface area contributed by atoms with Gasteiger partial charge in [-0.3, -0.25) is 9.69 Å². The van der Waals surface area contributed by atoms with Crippen molar-refractivity contribution in [2.75, 3.05) is 30.1 Å². The first kappa shape index (κ1) is 22.6. The first-order valence-electron chi connectivity index (χ1n) is 10.4. The van der Waals surface area contributed by atoms with E-state index in [4.69, 9.17) is 9.72 Å². The largest absolute Gasteiger partial charge is 0.376 e. The molecule has 1 atom stereocenters. The zero-order valence-corrected chi connectivity index (χ0v) is 19.8. The van der Waals surface area contributed by atoms with E-state index in [0.29, 0.717) is 13.0 Å². The second-order valence-corrected chi connectivity index (χ2v) is 10.4. The van der Waals surface area contributed by atoms with Crippen molar-refractivity contribution in [3.8, 4) is 0 Å². The average molecular weight is 477 g/mol. The van der Waals surface area contributed by atoms with Gasteiger partial charge in [0.2, 0.25) is 5.91 Å². The molecule has 0 radical (unpaired) electrons. The zero-order valence-electron chi connectivity index (χ0n) is 17.4. The van der Waals surface area contributed by atoms with Crippen LogP contribution >= 0.6 is 34.9 Å². The number of carbonyl (C=O) groups excluding carboxylic acids is 1. The third-order valence-corrected chi connectivity index (χ3v) is 8.01. The number of thiazole rings is 1. The standard InChI is InChI=1S/C23H25FN2O2S3/c1-29-19-10-11-20-21(14-19)31-23(25-20)26(15-17-4-2-12-28-17)22(27)5-3-13-30-18-8-6-16(24)7-9-18/h6-11,14,17H,2-5,12-13,15H2,1H3. The van der Waals surface area contributed by atoms with Crippen molar-refractivity contribution in [2.45, 2.75) is 41.6 Å². The number of carbonyl (C=O) groups is 1. The molecule has 1 fully saturated rings. The number of nitrogens with zero attached hydrogens (tertiary/aromatic N) is 2. The van der Waals surface area contributed by atoms with E-state index in [1.54, 1.807) is 47.0 Å². The highest BCUT2D eigenvalue weighted by molar-refractivity contribution is 7.99. The lowest BCUT2D eigenvalue weighted by Gasteiger charge is -2.23. The van der Waals surface area contributed by atoms with Gasteiger partial charge in [-0.25, -0.2) is 9.37 Å². The highest BCUT2D eigenvalue weighted by atomic mass is 32.2. The minimum atomic E-state index is -0.232. The molecular formula is C23H25FN2O2S3. The van der Waals surface area contributed by atoms with Crippen molar-refractivity contribution in [1.82, 2.24) is 4.98 Å². The van der Waals surface area contributed by atoms with Gasteiger partial charge in [-0.2, -0.15) is 0 Å². The van der Waals surface area contributed by atoms with Crippen LogP contribution < -0.4 is 4.90 Å². The smallest absolute Gasteiger partial charge is 0.228 e. The Morgan fingerprint density at radius 2 is 2.06 bits per heavy atom. The molecule has 1 amide bonds. The Bertz CT molecular complexity index is 1020. The maximum atomic E-state index is 13.2. The molecular weight excluding hydrogens is 451 g/mol. The molecule has 1 aliphatic heterocycles. The number of anilines is 1. The minimum absolute atomic E-state index is 0.0753. The van der Waals surface area contributed by atoms with Crippen LogP contribution in [-0.2, 0) is 9.53 Å². The summed E-state index contributed by atoms with van der Waals surface area (Å²) in [5.41, 5.74) is 0.926. The molecule has 4 nitrogen and oxygen atoms in total. The monoisotopic (exact) mass is 476 g/mol. The van der Waals surface area contributed by atoms with Crippen LogP contribution in [0, 0.1) is 5.82 Å². The van der Waals surface area contributed by atoms with Gasteiger partial charge >= 0.3 is 0 Å². The molecule has 0 bridgehead atoms. The lowest BCUT2D eigenvalue weighted by molar-refractivity contribution is -0.119. The van der Waals surface area contributed by atoms with Gasteiger partial charge in [0.15, 0.2) is 5.13 Å². The summed E-state index contributed by atoms with van der Waals surface area (Å²) in [6.07, 6.45) is 5.35. The number of rotatable bonds is 9. The molecule has 4 rings (SSSR count). The van der Waals surface area contributed by atoms with Crippen LogP contribution in [0.4, 0.5) is 9.52 Å². The molecule has 31 heavy (non-hydrogen) atoms. The second kappa shape index (κ2) is 10.8. The topological polar surface area (TPSA) is 42.4 Å².